The first-order valence-electron chi connectivity index (χ1n) is 8.38. The van der Waals surface area contributed by atoms with E-state index in [0.717, 1.165) is 0 Å². The molecule has 7 nitrogen and oxygen atoms in total. The van der Waals surface area contributed by atoms with Gasteiger partial charge in [0, 0.05) is 5.69 Å². The number of esters is 1. The predicted octanol–water partition coefficient (Wildman–Crippen LogP) is 2.56. The van der Waals surface area contributed by atoms with Crippen molar-refractivity contribution in [2.24, 2.45) is 0 Å². The predicted molar refractivity (Wildman–Crippen MR) is 98.5 cm³/mol. The van der Waals surface area contributed by atoms with E-state index in [1.807, 2.05) is 13.0 Å². The SMILES string of the molecule is CCOc1ccccc1OCC(=O)OCC(=O)N(CC#N)c1ccccc1. The monoisotopic (exact) mass is 368 g/mol. The summed E-state index contributed by atoms with van der Waals surface area (Å²) in [5.41, 5.74) is 0.557. The summed E-state index contributed by atoms with van der Waals surface area (Å²) in [4.78, 5) is 25.4. The highest BCUT2D eigenvalue weighted by atomic mass is 16.6. The summed E-state index contributed by atoms with van der Waals surface area (Å²) < 4.78 is 15.8. The van der Waals surface area contributed by atoms with Gasteiger partial charge in [-0.25, -0.2) is 4.79 Å². The summed E-state index contributed by atoms with van der Waals surface area (Å²) in [6.45, 7) is 1.33. The Balaban J connectivity index is 1.87. The van der Waals surface area contributed by atoms with Gasteiger partial charge in [0.25, 0.3) is 5.91 Å². The number of para-hydroxylation sites is 3. The minimum absolute atomic E-state index is 0.140. The Labute approximate surface area is 157 Å². The molecule has 0 spiro atoms. The largest absolute Gasteiger partial charge is 0.490 e. The number of amides is 1. The molecule has 1 amide bonds. The molecule has 0 saturated heterocycles. The van der Waals surface area contributed by atoms with Crippen molar-refractivity contribution in [1.29, 1.82) is 5.26 Å². The highest BCUT2D eigenvalue weighted by Crippen LogP contribution is 2.26. The number of carbonyl (C=O) groups is 2. The van der Waals surface area contributed by atoms with Crippen molar-refractivity contribution >= 4 is 17.6 Å². The quantitative estimate of drug-likeness (QED) is 0.499. The van der Waals surface area contributed by atoms with Crippen LogP contribution in [-0.4, -0.2) is 38.2 Å². The first-order valence-corrected chi connectivity index (χ1v) is 8.38. The highest BCUT2D eigenvalue weighted by molar-refractivity contribution is 5.95. The van der Waals surface area contributed by atoms with Crippen LogP contribution in [0.25, 0.3) is 0 Å². The Hall–Kier alpha value is -3.53. The van der Waals surface area contributed by atoms with E-state index in [1.165, 1.54) is 4.90 Å². The van der Waals surface area contributed by atoms with E-state index in [9.17, 15) is 9.59 Å². The molecule has 0 atom stereocenters. The molecule has 7 heteroatoms. The van der Waals surface area contributed by atoms with Crippen LogP contribution in [0.1, 0.15) is 6.92 Å². The van der Waals surface area contributed by atoms with Crippen molar-refractivity contribution in [3.05, 3.63) is 54.6 Å². The van der Waals surface area contributed by atoms with Crippen molar-refractivity contribution in [2.75, 3.05) is 31.3 Å². The number of hydrogen-bond acceptors (Lipinski definition) is 6. The molecule has 0 N–H and O–H groups in total. The minimum atomic E-state index is -0.695. The molecule has 0 fully saturated rings. The normalized spacial score (nSPS) is 9.78. The summed E-state index contributed by atoms with van der Waals surface area (Å²) in [7, 11) is 0. The number of rotatable bonds is 9. The summed E-state index contributed by atoms with van der Waals surface area (Å²) in [5.74, 6) is -0.253. The molecule has 0 aromatic heterocycles. The Morgan fingerprint density at radius 2 is 1.59 bits per heavy atom. The maximum atomic E-state index is 12.3. The molecule has 2 rings (SSSR count). The fraction of sp³-hybridized carbons (Fsp3) is 0.250. The van der Waals surface area contributed by atoms with Crippen molar-refractivity contribution in [2.45, 2.75) is 6.92 Å². The first-order chi connectivity index (χ1) is 13.2. The van der Waals surface area contributed by atoms with E-state index < -0.39 is 18.5 Å². The lowest BCUT2D eigenvalue weighted by molar-refractivity contribution is -0.149. The Morgan fingerprint density at radius 3 is 2.22 bits per heavy atom. The molecule has 2 aromatic carbocycles. The lowest BCUT2D eigenvalue weighted by atomic mass is 10.3. The number of carbonyl (C=O) groups excluding carboxylic acids is 2. The second-order valence-corrected chi connectivity index (χ2v) is 5.30. The summed E-state index contributed by atoms with van der Waals surface area (Å²) >= 11 is 0. The third kappa shape index (κ3) is 6.04. The Kier molecular flexibility index (Phi) is 7.67. The van der Waals surface area contributed by atoms with Crippen LogP contribution >= 0.6 is 0 Å². The van der Waals surface area contributed by atoms with Crippen LogP contribution in [0, 0.1) is 11.3 Å². The zero-order valence-corrected chi connectivity index (χ0v) is 15.0. The van der Waals surface area contributed by atoms with Gasteiger partial charge in [-0.05, 0) is 31.2 Å². The van der Waals surface area contributed by atoms with E-state index in [4.69, 9.17) is 19.5 Å². The minimum Gasteiger partial charge on any atom is -0.490 e. The van der Waals surface area contributed by atoms with Crippen molar-refractivity contribution in [1.82, 2.24) is 0 Å². The first kappa shape index (κ1) is 19.8. The second-order valence-electron chi connectivity index (χ2n) is 5.30. The zero-order valence-electron chi connectivity index (χ0n) is 15.0. The van der Waals surface area contributed by atoms with E-state index in [2.05, 4.69) is 0 Å². The van der Waals surface area contributed by atoms with Crippen molar-refractivity contribution < 1.29 is 23.8 Å². The molecule has 140 valence electrons. The number of ether oxygens (including phenoxy) is 3. The molecule has 0 saturated carbocycles. The van der Waals surface area contributed by atoms with Gasteiger partial charge in [0.2, 0.25) is 0 Å². The van der Waals surface area contributed by atoms with Gasteiger partial charge in [0.15, 0.2) is 24.7 Å². The molecule has 27 heavy (non-hydrogen) atoms. The van der Waals surface area contributed by atoms with Crippen molar-refractivity contribution in [3.8, 4) is 17.6 Å². The van der Waals surface area contributed by atoms with Gasteiger partial charge in [-0.15, -0.1) is 0 Å². The third-order valence-electron chi connectivity index (χ3n) is 3.45. The fourth-order valence-corrected chi connectivity index (χ4v) is 2.24. The van der Waals surface area contributed by atoms with Crippen LogP contribution < -0.4 is 14.4 Å². The van der Waals surface area contributed by atoms with Gasteiger partial charge in [0.1, 0.15) is 6.54 Å². The molecule has 0 aliphatic heterocycles. The van der Waals surface area contributed by atoms with Crippen LogP contribution in [0.5, 0.6) is 11.5 Å². The lowest BCUT2D eigenvalue weighted by Gasteiger charge is -2.19. The van der Waals surface area contributed by atoms with E-state index in [-0.39, 0.29) is 13.2 Å². The smallest absolute Gasteiger partial charge is 0.344 e. The molecular weight excluding hydrogens is 348 g/mol. The van der Waals surface area contributed by atoms with Gasteiger partial charge < -0.3 is 14.2 Å². The van der Waals surface area contributed by atoms with Gasteiger partial charge in [-0.1, -0.05) is 30.3 Å². The molecule has 0 heterocycles. The van der Waals surface area contributed by atoms with E-state index in [1.54, 1.807) is 54.6 Å². The molecular formula is C20H20N2O5. The summed E-state index contributed by atoms with van der Waals surface area (Å²) in [6.07, 6.45) is 0. The van der Waals surface area contributed by atoms with Gasteiger partial charge in [-0.3, -0.25) is 9.69 Å². The Bertz CT molecular complexity index is 802. The average molecular weight is 368 g/mol. The lowest BCUT2D eigenvalue weighted by Crippen LogP contribution is -2.35. The molecule has 0 aliphatic carbocycles. The third-order valence-corrected chi connectivity index (χ3v) is 3.45. The van der Waals surface area contributed by atoms with E-state index >= 15 is 0 Å². The van der Waals surface area contributed by atoms with Crippen molar-refractivity contribution in [3.63, 3.8) is 0 Å². The van der Waals surface area contributed by atoms with Crippen LogP contribution in [-0.2, 0) is 14.3 Å². The maximum absolute atomic E-state index is 12.3. The van der Waals surface area contributed by atoms with Crippen LogP contribution in [0.2, 0.25) is 0 Å². The van der Waals surface area contributed by atoms with E-state index in [0.29, 0.717) is 23.8 Å². The van der Waals surface area contributed by atoms with Gasteiger partial charge >= 0.3 is 5.97 Å². The summed E-state index contributed by atoms with van der Waals surface area (Å²) in [6, 6.07) is 17.6. The van der Waals surface area contributed by atoms with Crippen LogP contribution in [0.3, 0.4) is 0 Å². The van der Waals surface area contributed by atoms with Crippen LogP contribution in [0.4, 0.5) is 5.69 Å². The zero-order chi connectivity index (χ0) is 19.5. The maximum Gasteiger partial charge on any atom is 0.344 e. The standard InChI is InChI=1S/C20H20N2O5/c1-2-25-17-10-6-7-11-18(17)26-15-20(24)27-14-19(23)22(13-12-21)16-8-4-3-5-9-16/h3-11H,2,13-15H2,1H3. The number of hydrogen-bond donors (Lipinski definition) is 0. The average Bonchev–Trinajstić information content (AvgIpc) is 2.70. The fourth-order valence-electron chi connectivity index (χ4n) is 2.24. The van der Waals surface area contributed by atoms with Gasteiger partial charge in [-0.2, -0.15) is 5.26 Å². The molecule has 0 unspecified atom stereocenters. The molecule has 0 aliphatic rings. The highest BCUT2D eigenvalue weighted by Gasteiger charge is 2.17. The number of anilines is 1. The molecule has 0 radical (unpaired) electrons. The Morgan fingerprint density at radius 1 is 0.963 bits per heavy atom. The molecule has 0 bridgehead atoms. The number of nitrogens with zero attached hydrogens (tertiary/aromatic N) is 2. The summed E-state index contributed by atoms with van der Waals surface area (Å²) in [5, 5.41) is 8.92. The van der Waals surface area contributed by atoms with Gasteiger partial charge in [0.05, 0.1) is 12.7 Å². The second kappa shape index (κ2) is 10.5. The molecule has 2 aromatic rings. The topological polar surface area (TPSA) is 88.9 Å². The number of benzene rings is 2. The van der Waals surface area contributed by atoms with Crippen LogP contribution in [0.15, 0.2) is 54.6 Å². The number of nitriles is 1.